The molecule has 3 heterocycles. The zero-order valence-electron chi connectivity index (χ0n) is 26.1. The first-order valence-corrected chi connectivity index (χ1v) is 15.2. The average molecular weight is 693 g/mol. The van der Waals surface area contributed by atoms with E-state index in [9.17, 15) is 50.4 Å². The maximum atomic E-state index is 14.4. The second-order valence-electron chi connectivity index (χ2n) is 12.0. The van der Waals surface area contributed by atoms with E-state index in [1.165, 1.54) is 50.6 Å². The summed E-state index contributed by atoms with van der Waals surface area (Å²) < 4.78 is 39.3. The van der Waals surface area contributed by atoms with E-state index >= 15 is 0 Å². The maximum absolute atomic E-state index is 14.4. The molecule has 4 aliphatic rings. The third-order valence-electron chi connectivity index (χ3n) is 9.23. The van der Waals surface area contributed by atoms with Crippen molar-refractivity contribution in [1.82, 2.24) is 0 Å². The molecule has 3 fully saturated rings. The number of methoxy groups -OCH3 is 2. The number of carbonyl (C=O) groups is 2. The molecule has 0 unspecified atom stereocenters. The van der Waals surface area contributed by atoms with Gasteiger partial charge in [0.15, 0.2) is 23.9 Å². The first-order chi connectivity index (χ1) is 23.4. The Morgan fingerprint density at radius 2 is 1.63 bits per heavy atom. The number of phenolic OH excluding ortho intramolecular Hbond substituents is 2. The standard InChI is InChI=1S/C32H36O17/c1-43-16-8-13-7-15-21(19(12-3-5-14(35)6-4-12)20(13)27(44-2)23(16)37)30(42)47-28-24(38)18(10-45-29(15)41)48-32(28,11-34)49-31-26(40)25(39)22(36)17(9-33)46-31/h3-8,17-19,21-22,24-26,28,31,33-40H,9-11H2,1-2H3/t17-,18-,19+,21+,22-,24-,25-,26-,28+,31-,32-/m1/s1. The van der Waals surface area contributed by atoms with Crippen LogP contribution in [0.4, 0.5) is 0 Å². The molecule has 8 N–H and O–H groups in total. The fourth-order valence-electron chi connectivity index (χ4n) is 6.75. The van der Waals surface area contributed by atoms with Crippen LogP contribution in [-0.2, 0) is 33.3 Å². The van der Waals surface area contributed by atoms with E-state index < -0.39 is 104 Å². The smallest absolute Gasteiger partial charge is 0.335 e. The van der Waals surface area contributed by atoms with Crippen molar-refractivity contribution in [2.24, 2.45) is 5.92 Å². The summed E-state index contributed by atoms with van der Waals surface area (Å²) in [6.45, 7) is -2.59. The number of cyclic esters (lactones) is 1. The molecule has 17 heteroatoms. The number of carbonyl (C=O) groups excluding carboxylic acids is 2. The third-order valence-corrected chi connectivity index (χ3v) is 9.23. The molecule has 2 bridgehead atoms. The molecule has 0 aromatic heterocycles. The fourth-order valence-corrected chi connectivity index (χ4v) is 6.75. The van der Waals surface area contributed by atoms with E-state index in [4.69, 9.17) is 33.2 Å². The summed E-state index contributed by atoms with van der Waals surface area (Å²) in [5, 5.41) is 83.8. The summed E-state index contributed by atoms with van der Waals surface area (Å²) in [6, 6.07) is 7.08. The summed E-state index contributed by atoms with van der Waals surface area (Å²) in [5.74, 6) is -8.01. The number of hydrogen-bond acceptors (Lipinski definition) is 17. The Morgan fingerprint density at radius 3 is 2.27 bits per heavy atom. The molecule has 2 aromatic carbocycles. The summed E-state index contributed by atoms with van der Waals surface area (Å²) in [6.07, 6.45) is -12.7. The van der Waals surface area contributed by atoms with E-state index in [2.05, 4.69) is 0 Å². The lowest BCUT2D eigenvalue weighted by Gasteiger charge is -2.43. The molecule has 266 valence electrons. The van der Waals surface area contributed by atoms with Gasteiger partial charge in [-0.2, -0.15) is 0 Å². The van der Waals surface area contributed by atoms with Crippen LogP contribution in [0.3, 0.4) is 0 Å². The van der Waals surface area contributed by atoms with Gasteiger partial charge < -0.3 is 74.0 Å². The van der Waals surface area contributed by atoms with Crippen LogP contribution in [0.15, 0.2) is 35.9 Å². The lowest BCUT2D eigenvalue weighted by molar-refractivity contribution is -0.383. The van der Waals surface area contributed by atoms with Crippen molar-refractivity contribution in [3.63, 3.8) is 0 Å². The molecule has 3 aliphatic heterocycles. The van der Waals surface area contributed by atoms with Gasteiger partial charge in [0.25, 0.3) is 0 Å². The highest BCUT2D eigenvalue weighted by Crippen LogP contribution is 2.53. The number of aliphatic hydroxyl groups is 6. The number of aliphatic hydroxyl groups excluding tert-OH is 6. The van der Waals surface area contributed by atoms with Gasteiger partial charge in [-0.25, -0.2) is 4.79 Å². The van der Waals surface area contributed by atoms with Gasteiger partial charge in [-0.05, 0) is 35.4 Å². The Bertz CT molecular complexity index is 1610. The van der Waals surface area contributed by atoms with Crippen molar-refractivity contribution in [2.75, 3.05) is 34.0 Å². The third kappa shape index (κ3) is 5.76. The number of aromatic hydroxyl groups is 2. The molecule has 17 nitrogen and oxygen atoms in total. The number of benzene rings is 2. The number of phenols is 2. The largest absolute Gasteiger partial charge is 0.508 e. The van der Waals surface area contributed by atoms with Crippen LogP contribution in [0.1, 0.15) is 22.6 Å². The van der Waals surface area contributed by atoms with Crippen LogP contribution >= 0.6 is 0 Å². The van der Waals surface area contributed by atoms with Crippen molar-refractivity contribution in [2.45, 2.75) is 60.7 Å². The highest BCUT2D eigenvalue weighted by atomic mass is 16.8. The number of hydrogen-bond donors (Lipinski definition) is 8. The molecule has 0 spiro atoms. The first-order valence-electron chi connectivity index (χ1n) is 15.2. The van der Waals surface area contributed by atoms with Crippen LogP contribution in [-0.4, -0.2) is 142 Å². The molecule has 11 atom stereocenters. The minimum Gasteiger partial charge on any atom is -0.508 e. The van der Waals surface area contributed by atoms with Crippen molar-refractivity contribution in [1.29, 1.82) is 0 Å². The predicted octanol–water partition coefficient (Wildman–Crippen LogP) is -2.01. The number of ether oxygens (including phenoxy) is 7. The normalized spacial score (nSPS) is 35.7. The van der Waals surface area contributed by atoms with E-state index in [0.29, 0.717) is 11.1 Å². The topological polar surface area (TPSA) is 261 Å². The van der Waals surface area contributed by atoms with Crippen LogP contribution < -0.4 is 9.47 Å². The van der Waals surface area contributed by atoms with Crippen LogP contribution in [0.25, 0.3) is 6.08 Å². The second kappa shape index (κ2) is 13.3. The average Bonchev–Trinajstić information content (AvgIpc) is 3.35. The SMILES string of the molecule is COc1cc2c(c(OC)c1O)[C@H](c1ccc(O)cc1)[C@H]1C(=O)O[C@H]3[C@H](O)[C@@H](COC(=O)C1=C2)O[C@]3(CO)O[C@H]1O[C@H](CO)[C@@H](O)[C@@H](O)[C@H]1O. The van der Waals surface area contributed by atoms with Crippen LogP contribution in [0, 0.1) is 5.92 Å². The zero-order valence-corrected chi connectivity index (χ0v) is 26.1. The Kier molecular flexibility index (Phi) is 9.48. The van der Waals surface area contributed by atoms with Crippen LogP contribution in [0.2, 0.25) is 0 Å². The minimum absolute atomic E-state index is 0.00111. The van der Waals surface area contributed by atoms with Crippen LogP contribution in [0.5, 0.6) is 23.0 Å². The first kappa shape index (κ1) is 34.8. The summed E-state index contributed by atoms with van der Waals surface area (Å²) in [7, 11) is 2.59. The van der Waals surface area contributed by atoms with Crippen molar-refractivity contribution >= 4 is 18.0 Å². The summed E-state index contributed by atoms with van der Waals surface area (Å²) in [5.41, 5.74) is 0.693. The van der Waals surface area contributed by atoms with Gasteiger partial charge in [0.2, 0.25) is 11.5 Å². The van der Waals surface area contributed by atoms with Gasteiger partial charge in [0.05, 0.1) is 26.4 Å². The summed E-state index contributed by atoms with van der Waals surface area (Å²) >= 11 is 0. The van der Waals surface area contributed by atoms with Gasteiger partial charge in [0, 0.05) is 11.5 Å². The number of esters is 2. The van der Waals surface area contributed by atoms with Gasteiger partial charge in [-0.3, -0.25) is 4.79 Å². The molecule has 2 aromatic rings. The highest BCUT2D eigenvalue weighted by Gasteiger charge is 2.62. The lowest BCUT2D eigenvalue weighted by Crippen LogP contribution is -2.63. The quantitative estimate of drug-likeness (QED) is 0.146. The molecule has 3 saturated heterocycles. The van der Waals surface area contributed by atoms with E-state index in [-0.39, 0.29) is 28.4 Å². The molecular formula is C32H36O17. The van der Waals surface area contributed by atoms with Crippen molar-refractivity contribution < 1.29 is 83.6 Å². The zero-order chi connectivity index (χ0) is 35.4. The molecule has 0 amide bonds. The van der Waals surface area contributed by atoms with Gasteiger partial charge >= 0.3 is 11.9 Å². The Morgan fingerprint density at radius 1 is 0.918 bits per heavy atom. The lowest BCUT2D eigenvalue weighted by atomic mass is 9.70. The summed E-state index contributed by atoms with van der Waals surface area (Å²) in [4.78, 5) is 28.2. The minimum atomic E-state index is -2.50. The molecule has 0 saturated carbocycles. The van der Waals surface area contributed by atoms with E-state index in [1.54, 1.807) is 0 Å². The molecule has 1 aliphatic carbocycles. The van der Waals surface area contributed by atoms with Gasteiger partial charge in [0.1, 0.15) is 61.5 Å². The predicted molar refractivity (Wildman–Crippen MR) is 159 cm³/mol. The molecule has 0 radical (unpaired) electrons. The fraction of sp³-hybridized carbons (Fsp3) is 0.500. The molecule has 6 rings (SSSR count). The second-order valence-corrected chi connectivity index (χ2v) is 12.0. The Balaban J connectivity index is 1.47. The van der Waals surface area contributed by atoms with Crippen molar-refractivity contribution in [3.05, 3.63) is 52.6 Å². The monoisotopic (exact) mass is 692 g/mol. The highest BCUT2D eigenvalue weighted by molar-refractivity contribution is 6.02. The Hall–Kier alpha value is -4.04. The van der Waals surface area contributed by atoms with Gasteiger partial charge in [-0.1, -0.05) is 12.1 Å². The van der Waals surface area contributed by atoms with Gasteiger partial charge in [-0.15, -0.1) is 0 Å². The molecular weight excluding hydrogens is 656 g/mol. The Labute approximate surface area is 278 Å². The maximum Gasteiger partial charge on any atom is 0.335 e. The number of rotatable bonds is 7. The van der Waals surface area contributed by atoms with E-state index in [1.807, 2.05) is 0 Å². The van der Waals surface area contributed by atoms with Crippen molar-refractivity contribution in [3.8, 4) is 23.0 Å². The molecule has 49 heavy (non-hydrogen) atoms. The number of fused-ring (bicyclic) bond motifs is 4. The van der Waals surface area contributed by atoms with E-state index in [0.717, 1.165) is 0 Å².